The van der Waals surface area contributed by atoms with E-state index in [4.69, 9.17) is 15.9 Å². The van der Waals surface area contributed by atoms with Crippen molar-refractivity contribution in [1.29, 1.82) is 0 Å². The summed E-state index contributed by atoms with van der Waals surface area (Å²) in [5, 5.41) is 4.81. The highest BCUT2D eigenvalue weighted by Gasteiger charge is 2.27. The zero-order chi connectivity index (χ0) is 18.8. The normalized spacial score (nSPS) is 11.0. The second-order valence-corrected chi connectivity index (χ2v) is 6.80. The van der Waals surface area contributed by atoms with E-state index in [1.165, 1.54) is 11.3 Å². The molecule has 1 N–H and O–H groups in total. The van der Waals surface area contributed by atoms with E-state index in [9.17, 15) is 4.79 Å². The van der Waals surface area contributed by atoms with Gasteiger partial charge in [-0.1, -0.05) is 50.1 Å². The lowest BCUT2D eigenvalue weighted by Gasteiger charge is -2.26. The minimum Gasteiger partial charge on any atom is -0.489 e. The van der Waals surface area contributed by atoms with Gasteiger partial charge in [-0.2, -0.15) is 0 Å². The quantitative estimate of drug-likeness (QED) is 0.501. The van der Waals surface area contributed by atoms with E-state index in [1.807, 2.05) is 49.6 Å². The first-order valence-corrected chi connectivity index (χ1v) is 9.64. The molecule has 4 nitrogen and oxygen atoms in total. The van der Waals surface area contributed by atoms with Crippen molar-refractivity contribution in [2.45, 2.75) is 38.8 Å². The van der Waals surface area contributed by atoms with Gasteiger partial charge in [0.05, 0.1) is 13.2 Å². The molecule has 5 heteroatoms. The Hall–Kier alpha value is -2.29. The fraction of sp³-hybridized carbons (Fsp3) is 0.381. The number of benzene rings is 1. The molecule has 1 heterocycles. The van der Waals surface area contributed by atoms with Crippen molar-refractivity contribution in [3.63, 3.8) is 0 Å². The van der Waals surface area contributed by atoms with Gasteiger partial charge in [0.15, 0.2) is 0 Å². The number of nitrogens with one attached hydrogen (secondary N) is 1. The maximum Gasteiger partial charge on any atom is 0.266 e. The SMILES string of the molecule is C#CC(CC)(CC)NC(=O)c1sccc1OCCOCc1ccccc1. The molecule has 0 fully saturated rings. The van der Waals surface area contributed by atoms with Crippen LogP contribution < -0.4 is 10.1 Å². The summed E-state index contributed by atoms with van der Waals surface area (Å²) in [7, 11) is 0. The molecule has 0 aliphatic carbocycles. The predicted octanol–water partition coefficient (Wildman–Crippen LogP) is 4.27. The Bertz CT molecular complexity index is 729. The smallest absolute Gasteiger partial charge is 0.266 e. The molecule has 1 aromatic heterocycles. The van der Waals surface area contributed by atoms with Crippen LogP contribution >= 0.6 is 11.3 Å². The largest absolute Gasteiger partial charge is 0.489 e. The lowest BCUT2D eigenvalue weighted by Crippen LogP contribution is -2.46. The second kappa shape index (κ2) is 10.0. The third kappa shape index (κ3) is 5.35. The third-order valence-corrected chi connectivity index (χ3v) is 5.16. The van der Waals surface area contributed by atoms with Crippen LogP contribution in [0.25, 0.3) is 0 Å². The molecule has 26 heavy (non-hydrogen) atoms. The highest BCUT2D eigenvalue weighted by Crippen LogP contribution is 2.26. The zero-order valence-electron chi connectivity index (χ0n) is 15.3. The van der Waals surface area contributed by atoms with Crippen molar-refractivity contribution in [3.05, 3.63) is 52.2 Å². The number of ether oxygens (including phenoxy) is 2. The van der Waals surface area contributed by atoms with Crippen LogP contribution in [-0.4, -0.2) is 24.7 Å². The highest BCUT2D eigenvalue weighted by molar-refractivity contribution is 7.12. The Kier molecular flexibility index (Phi) is 7.71. The Morgan fingerprint density at radius 1 is 1.19 bits per heavy atom. The lowest BCUT2D eigenvalue weighted by molar-refractivity contribution is 0.0859. The molecule has 0 bridgehead atoms. The summed E-state index contributed by atoms with van der Waals surface area (Å²) in [6, 6.07) is 11.8. The molecule has 0 aliphatic heterocycles. The first-order valence-electron chi connectivity index (χ1n) is 8.76. The summed E-state index contributed by atoms with van der Waals surface area (Å²) in [6.45, 7) is 5.31. The summed E-state index contributed by atoms with van der Waals surface area (Å²) >= 11 is 1.34. The van der Waals surface area contributed by atoms with Gasteiger partial charge in [-0.05, 0) is 29.9 Å². The minimum atomic E-state index is -0.614. The number of terminal acetylenes is 1. The van der Waals surface area contributed by atoms with Crippen LogP contribution in [-0.2, 0) is 11.3 Å². The summed E-state index contributed by atoms with van der Waals surface area (Å²) in [5.74, 6) is 3.09. The molecule has 1 amide bonds. The van der Waals surface area contributed by atoms with Crippen molar-refractivity contribution in [3.8, 4) is 18.1 Å². The molecule has 138 valence electrons. The maximum atomic E-state index is 12.6. The van der Waals surface area contributed by atoms with Crippen LogP contribution in [0.3, 0.4) is 0 Å². The number of carbonyl (C=O) groups excluding carboxylic acids is 1. The Labute approximate surface area is 159 Å². The number of rotatable bonds is 10. The number of hydrogen-bond acceptors (Lipinski definition) is 4. The van der Waals surface area contributed by atoms with Crippen LogP contribution in [0.5, 0.6) is 5.75 Å². The summed E-state index contributed by atoms with van der Waals surface area (Å²) in [4.78, 5) is 13.1. The van der Waals surface area contributed by atoms with Crippen LogP contribution in [0.15, 0.2) is 41.8 Å². The van der Waals surface area contributed by atoms with Gasteiger partial charge >= 0.3 is 0 Å². The van der Waals surface area contributed by atoms with E-state index in [-0.39, 0.29) is 5.91 Å². The Balaban J connectivity index is 1.84. The molecule has 0 unspecified atom stereocenters. The zero-order valence-corrected chi connectivity index (χ0v) is 16.1. The number of amides is 1. The third-order valence-electron chi connectivity index (χ3n) is 4.27. The average molecular weight is 372 g/mol. The van der Waals surface area contributed by atoms with E-state index >= 15 is 0 Å². The molecule has 0 spiro atoms. The van der Waals surface area contributed by atoms with Gasteiger partial charge in [0, 0.05) is 0 Å². The van der Waals surface area contributed by atoms with Gasteiger partial charge in [-0.3, -0.25) is 4.79 Å². The summed E-state index contributed by atoms with van der Waals surface area (Å²) < 4.78 is 11.3. The fourth-order valence-corrected chi connectivity index (χ4v) is 3.22. The standard InChI is InChI=1S/C21H25NO3S/c1-4-21(5-2,6-3)22-20(23)19-18(12-15-26-19)25-14-13-24-16-17-10-8-7-9-11-17/h1,7-12,15H,5-6,13-14,16H2,2-3H3,(H,22,23). The molecule has 0 aliphatic rings. The molecular weight excluding hydrogens is 346 g/mol. The molecular formula is C21H25NO3S. The van der Waals surface area contributed by atoms with Crippen molar-refractivity contribution in [1.82, 2.24) is 5.32 Å². The average Bonchev–Trinajstić information content (AvgIpc) is 3.15. The van der Waals surface area contributed by atoms with E-state index in [0.717, 1.165) is 5.56 Å². The number of carbonyl (C=O) groups is 1. The molecule has 0 atom stereocenters. The predicted molar refractivity (Wildman–Crippen MR) is 106 cm³/mol. The molecule has 2 aromatic rings. The first kappa shape index (κ1) is 20.0. The van der Waals surface area contributed by atoms with Crippen molar-refractivity contribution < 1.29 is 14.3 Å². The topological polar surface area (TPSA) is 47.6 Å². The van der Waals surface area contributed by atoms with Crippen LogP contribution in [0.2, 0.25) is 0 Å². The van der Waals surface area contributed by atoms with Gasteiger partial charge in [-0.15, -0.1) is 17.8 Å². The van der Waals surface area contributed by atoms with E-state index in [1.54, 1.807) is 6.07 Å². The van der Waals surface area contributed by atoms with E-state index in [2.05, 4.69) is 11.2 Å². The van der Waals surface area contributed by atoms with Gasteiger partial charge in [0.1, 0.15) is 22.8 Å². The molecule has 0 saturated heterocycles. The molecule has 2 rings (SSSR count). The second-order valence-electron chi connectivity index (χ2n) is 5.89. The Morgan fingerprint density at radius 2 is 1.92 bits per heavy atom. The molecule has 1 aromatic carbocycles. The van der Waals surface area contributed by atoms with Gasteiger partial charge in [-0.25, -0.2) is 0 Å². The van der Waals surface area contributed by atoms with E-state index < -0.39 is 5.54 Å². The van der Waals surface area contributed by atoms with Gasteiger partial charge in [0.25, 0.3) is 5.91 Å². The van der Waals surface area contributed by atoms with Crippen LogP contribution in [0.1, 0.15) is 41.9 Å². The summed E-state index contributed by atoms with van der Waals surface area (Å²) in [5.41, 5.74) is 0.504. The van der Waals surface area contributed by atoms with Crippen LogP contribution in [0.4, 0.5) is 0 Å². The highest BCUT2D eigenvalue weighted by atomic mass is 32.1. The summed E-state index contributed by atoms with van der Waals surface area (Å²) in [6.07, 6.45) is 6.98. The number of thiophene rings is 1. The maximum absolute atomic E-state index is 12.6. The van der Waals surface area contributed by atoms with Gasteiger partial charge in [0.2, 0.25) is 0 Å². The molecule has 0 saturated carbocycles. The monoisotopic (exact) mass is 371 g/mol. The van der Waals surface area contributed by atoms with E-state index in [0.29, 0.717) is 43.3 Å². The van der Waals surface area contributed by atoms with Gasteiger partial charge < -0.3 is 14.8 Å². The molecule has 0 radical (unpaired) electrons. The van der Waals surface area contributed by atoms with Crippen molar-refractivity contribution >= 4 is 17.2 Å². The van der Waals surface area contributed by atoms with Crippen molar-refractivity contribution in [2.75, 3.05) is 13.2 Å². The van der Waals surface area contributed by atoms with Crippen molar-refractivity contribution in [2.24, 2.45) is 0 Å². The number of hydrogen-bond donors (Lipinski definition) is 1. The van der Waals surface area contributed by atoms with Crippen LogP contribution in [0, 0.1) is 12.3 Å². The fourth-order valence-electron chi connectivity index (χ4n) is 2.49. The lowest BCUT2D eigenvalue weighted by atomic mass is 9.94. The Morgan fingerprint density at radius 3 is 2.58 bits per heavy atom. The minimum absolute atomic E-state index is 0.193. The first-order chi connectivity index (χ1) is 12.6.